The first-order chi connectivity index (χ1) is 7.88. The molecule has 2 heterocycles. The average Bonchev–Trinajstić information content (AvgIpc) is 2.72. The van der Waals surface area contributed by atoms with E-state index < -0.39 is 0 Å². The van der Waals surface area contributed by atoms with Crippen LogP contribution in [0.1, 0.15) is 19.0 Å². The molecule has 80 valence electrons. The number of imidazole rings is 1. The van der Waals surface area contributed by atoms with E-state index >= 15 is 0 Å². The third kappa shape index (κ3) is 1.38. The fraction of sp³-hybridized carbons (Fsp3) is 0.214. The Morgan fingerprint density at radius 1 is 1.19 bits per heavy atom. The lowest BCUT2D eigenvalue weighted by molar-refractivity contribution is 0.894. The van der Waals surface area contributed by atoms with Crippen molar-refractivity contribution in [1.82, 2.24) is 9.38 Å². The third-order valence-corrected chi connectivity index (χ3v) is 2.90. The summed E-state index contributed by atoms with van der Waals surface area (Å²) in [7, 11) is 0. The molecule has 0 saturated carbocycles. The van der Waals surface area contributed by atoms with Crippen LogP contribution in [0.25, 0.3) is 16.4 Å². The zero-order chi connectivity index (χ0) is 11.0. The number of nitrogens with zero attached hydrogens (tertiary/aromatic N) is 2. The summed E-state index contributed by atoms with van der Waals surface area (Å²) in [5.41, 5.74) is 2.25. The van der Waals surface area contributed by atoms with Gasteiger partial charge in [0.25, 0.3) is 0 Å². The third-order valence-electron chi connectivity index (χ3n) is 2.90. The van der Waals surface area contributed by atoms with Gasteiger partial charge in [-0.3, -0.25) is 0 Å². The largest absolute Gasteiger partial charge is 0.306 e. The molecule has 0 bridgehead atoms. The van der Waals surface area contributed by atoms with Crippen LogP contribution < -0.4 is 0 Å². The highest BCUT2D eigenvalue weighted by molar-refractivity contribution is 5.93. The molecule has 0 unspecified atom stereocenters. The van der Waals surface area contributed by atoms with E-state index in [2.05, 4.69) is 54.0 Å². The van der Waals surface area contributed by atoms with E-state index in [1.54, 1.807) is 0 Å². The number of benzene rings is 1. The first-order valence-corrected chi connectivity index (χ1v) is 5.74. The quantitative estimate of drug-likeness (QED) is 0.633. The summed E-state index contributed by atoms with van der Waals surface area (Å²) >= 11 is 0. The van der Waals surface area contributed by atoms with Gasteiger partial charge in [0.15, 0.2) is 0 Å². The molecule has 0 radical (unpaired) electrons. The van der Waals surface area contributed by atoms with Gasteiger partial charge < -0.3 is 4.40 Å². The predicted octanol–water partition coefficient (Wildman–Crippen LogP) is 3.44. The van der Waals surface area contributed by atoms with Gasteiger partial charge in [-0.1, -0.05) is 37.6 Å². The normalized spacial score (nSPS) is 11.3. The first kappa shape index (κ1) is 9.40. The standard InChI is InChI=1S/C14H14N2/c1-2-5-12-10-16-9-8-11-6-3-4-7-13(11)14(16)15-12/h3-4,6-10H,2,5H2,1H3. The van der Waals surface area contributed by atoms with Crippen molar-refractivity contribution in [2.24, 2.45) is 0 Å². The fourth-order valence-corrected chi connectivity index (χ4v) is 2.14. The first-order valence-electron chi connectivity index (χ1n) is 5.74. The highest BCUT2D eigenvalue weighted by atomic mass is 15.0. The summed E-state index contributed by atoms with van der Waals surface area (Å²) in [6.07, 6.45) is 6.41. The van der Waals surface area contributed by atoms with E-state index in [-0.39, 0.29) is 0 Å². The van der Waals surface area contributed by atoms with E-state index in [1.807, 2.05) is 0 Å². The molecule has 2 aromatic heterocycles. The molecule has 0 spiro atoms. The highest BCUT2D eigenvalue weighted by Crippen LogP contribution is 2.19. The maximum absolute atomic E-state index is 4.69. The van der Waals surface area contributed by atoms with Crippen molar-refractivity contribution in [1.29, 1.82) is 0 Å². The van der Waals surface area contributed by atoms with Crippen LogP contribution in [-0.4, -0.2) is 9.38 Å². The van der Waals surface area contributed by atoms with Crippen LogP contribution >= 0.6 is 0 Å². The molecular weight excluding hydrogens is 196 g/mol. The van der Waals surface area contributed by atoms with Gasteiger partial charge in [0, 0.05) is 17.8 Å². The number of hydrogen-bond donors (Lipinski definition) is 0. The molecule has 0 saturated heterocycles. The molecule has 0 aliphatic rings. The molecule has 0 fully saturated rings. The molecule has 2 heteroatoms. The lowest BCUT2D eigenvalue weighted by atomic mass is 10.2. The minimum Gasteiger partial charge on any atom is -0.306 e. The Morgan fingerprint density at radius 3 is 2.94 bits per heavy atom. The molecule has 1 aromatic carbocycles. The van der Waals surface area contributed by atoms with E-state index in [4.69, 9.17) is 4.98 Å². The minimum absolute atomic E-state index is 1.05. The Hall–Kier alpha value is -1.83. The molecular formula is C14H14N2. The van der Waals surface area contributed by atoms with Gasteiger partial charge in [-0.15, -0.1) is 0 Å². The predicted molar refractivity (Wildman–Crippen MR) is 66.7 cm³/mol. The molecule has 16 heavy (non-hydrogen) atoms. The molecule has 0 amide bonds. The van der Waals surface area contributed by atoms with E-state index in [0.717, 1.165) is 18.5 Å². The average molecular weight is 210 g/mol. The fourth-order valence-electron chi connectivity index (χ4n) is 2.14. The van der Waals surface area contributed by atoms with Gasteiger partial charge in [0.05, 0.1) is 5.69 Å². The van der Waals surface area contributed by atoms with Crippen LogP contribution in [0.2, 0.25) is 0 Å². The minimum atomic E-state index is 1.05. The summed E-state index contributed by atoms with van der Waals surface area (Å²) in [5.74, 6) is 0. The van der Waals surface area contributed by atoms with Crippen molar-refractivity contribution in [2.75, 3.05) is 0 Å². The second kappa shape index (κ2) is 3.63. The monoisotopic (exact) mass is 210 g/mol. The van der Waals surface area contributed by atoms with Crippen LogP contribution in [0, 0.1) is 0 Å². The van der Waals surface area contributed by atoms with Crippen molar-refractivity contribution in [3.63, 3.8) is 0 Å². The Kier molecular flexibility index (Phi) is 2.13. The van der Waals surface area contributed by atoms with Crippen molar-refractivity contribution >= 4 is 16.4 Å². The van der Waals surface area contributed by atoms with Crippen molar-refractivity contribution in [3.05, 3.63) is 48.4 Å². The van der Waals surface area contributed by atoms with Crippen LogP contribution in [0.15, 0.2) is 42.7 Å². The Bertz CT molecular complexity index is 637. The van der Waals surface area contributed by atoms with Crippen LogP contribution in [0.4, 0.5) is 0 Å². The summed E-state index contributed by atoms with van der Waals surface area (Å²) in [5, 5.41) is 2.48. The molecule has 2 nitrogen and oxygen atoms in total. The smallest absolute Gasteiger partial charge is 0.144 e. The molecule has 3 rings (SSSR count). The molecule has 0 aliphatic carbocycles. The second-order valence-electron chi connectivity index (χ2n) is 4.12. The van der Waals surface area contributed by atoms with Crippen molar-refractivity contribution in [2.45, 2.75) is 19.8 Å². The maximum Gasteiger partial charge on any atom is 0.144 e. The van der Waals surface area contributed by atoms with Crippen LogP contribution in [-0.2, 0) is 6.42 Å². The zero-order valence-corrected chi connectivity index (χ0v) is 9.35. The van der Waals surface area contributed by atoms with Crippen molar-refractivity contribution < 1.29 is 0 Å². The van der Waals surface area contributed by atoms with Crippen molar-refractivity contribution in [3.8, 4) is 0 Å². The number of fused-ring (bicyclic) bond motifs is 3. The van der Waals surface area contributed by atoms with E-state index in [9.17, 15) is 0 Å². The molecule has 0 atom stereocenters. The van der Waals surface area contributed by atoms with Gasteiger partial charge >= 0.3 is 0 Å². The topological polar surface area (TPSA) is 17.3 Å². The number of pyridine rings is 1. The summed E-state index contributed by atoms with van der Waals surface area (Å²) < 4.78 is 2.12. The zero-order valence-electron chi connectivity index (χ0n) is 9.35. The summed E-state index contributed by atoms with van der Waals surface area (Å²) in [6.45, 7) is 2.18. The SMILES string of the molecule is CCCc1cn2ccc3ccccc3c2n1. The summed E-state index contributed by atoms with van der Waals surface area (Å²) in [6, 6.07) is 10.5. The summed E-state index contributed by atoms with van der Waals surface area (Å²) in [4.78, 5) is 4.69. The maximum atomic E-state index is 4.69. The lowest BCUT2D eigenvalue weighted by Crippen LogP contribution is -1.83. The second-order valence-corrected chi connectivity index (χ2v) is 4.12. The van der Waals surface area contributed by atoms with Gasteiger partial charge in [-0.25, -0.2) is 4.98 Å². The van der Waals surface area contributed by atoms with Gasteiger partial charge in [0.1, 0.15) is 5.65 Å². The highest BCUT2D eigenvalue weighted by Gasteiger charge is 2.04. The number of aryl methyl sites for hydroxylation is 1. The Morgan fingerprint density at radius 2 is 2.06 bits per heavy atom. The van der Waals surface area contributed by atoms with Crippen LogP contribution in [0.5, 0.6) is 0 Å². The number of aromatic nitrogens is 2. The van der Waals surface area contributed by atoms with Gasteiger partial charge in [-0.2, -0.15) is 0 Å². The van der Waals surface area contributed by atoms with E-state index in [1.165, 1.54) is 16.5 Å². The Labute approximate surface area is 94.5 Å². The Balaban J connectivity index is 2.32. The molecule has 0 aliphatic heterocycles. The molecule has 3 aromatic rings. The number of rotatable bonds is 2. The van der Waals surface area contributed by atoms with Gasteiger partial charge in [-0.05, 0) is 17.9 Å². The number of hydrogen-bond acceptors (Lipinski definition) is 1. The van der Waals surface area contributed by atoms with Crippen LogP contribution in [0.3, 0.4) is 0 Å². The lowest BCUT2D eigenvalue weighted by Gasteiger charge is -1.98. The molecule has 0 N–H and O–H groups in total. The van der Waals surface area contributed by atoms with E-state index in [0.29, 0.717) is 0 Å². The van der Waals surface area contributed by atoms with Gasteiger partial charge in [0.2, 0.25) is 0 Å².